The van der Waals surface area contributed by atoms with Gasteiger partial charge in [-0.15, -0.1) is 0 Å². The molecule has 0 amide bonds. The number of nitrogens with zero attached hydrogens (tertiary/aromatic N) is 2. The van der Waals surface area contributed by atoms with Crippen LogP contribution in [-0.2, 0) is 4.74 Å². The van der Waals surface area contributed by atoms with Crippen LogP contribution in [0.1, 0.15) is 19.8 Å². The fourth-order valence-electron chi connectivity index (χ4n) is 0.874. The molecule has 0 saturated carbocycles. The first kappa shape index (κ1) is 13.2. The van der Waals surface area contributed by atoms with Crippen molar-refractivity contribution in [1.29, 1.82) is 0 Å². The molecule has 0 spiro atoms. The minimum Gasteiger partial charge on any atom is -0.449 e. The Morgan fingerprint density at radius 1 is 1.47 bits per heavy atom. The van der Waals surface area contributed by atoms with Crippen LogP contribution in [0, 0.1) is 0 Å². The number of halogens is 3. The molecular formula is C8H9Br3N2O2. The molecule has 15 heavy (non-hydrogen) atoms. The molecule has 1 rings (SSSR count). The fraction of sp³-hybridized carbons (Fsp3) is 0.500. The Bertz CT molecular complexity index is 365. The van der Waals surface area contributed by atoms with E-state index in [1.807, 2.05) is 6.92 Å². The summed E-state index contributed by atoms with van der Waals surface area (Å²) in [4.78, 5) is 15.6. The smallest absolute Gasteiger partial charge is 0.421 e. The molecular weight excluding hydrogens is 396 g/mol. The summed E-state index contributed by atoms with van der Waals surface area (Å²) in [7, 11) is 0. The fourth-order valence-corrected chi connectivity index (χ4v) is 2.60. The van der Waals surface area contributed by atoms with E-state index >= 15 is 0 Å². The lowest BCUT2D eigenvalue weighted by Gasteiger charge is -2.05. The number of rotatable bonds is 3. The second-order valence-corrected chi connectivity index (χ2v) is 4.98. The van der Waals surface area contributed by atoms with Crippen molar-refractivity contribution in [1.82, 2.24) is 9.55 Å². The Hall–Kier alpha value is 0.120. The van der Waals surface area contributed by atoms with Crippen LogP contribution >= 0.6 is 47.8 Å². The van der Waals surface area contributed by atoms with Crippen LogP contribution in [0.3, 0.4) is 0 Å². The van der Waals surface area contributed by atoms with Gasteiger partial charge in [0, 0.05) is 0 Å². The molecule has 4 nitrogen and oxygen atoms in total. The highest BCUT2D eigenvalue weighted by Crippen LogP contribution is 2.26. The third-order valence-corrected chi connectivity index (χ3v) is 3.99. The number of aromatic nitrogens is 2. The molecule has 0 unspecified atom stereocenters. The van der Waals surface area contributed by atoms with E-state index in [4.69, 9.17) is 4.74 Å². The Morgan fingerprint density at radius 3 is 2.60 bits per heavy atom. The topological polar surface area (TPSA) is 44.1 Å². The zero-order chi connectivity index (χ0) is 11.4. The normalized spacial score (nSPS) is 10.4. The number of carbonyl (C=O) groups excluding carboxylic acids is 1. The molecule has 0 saturated heterocycles. The molecule has 84 valence electrons. The number of hydrogen-bond acceptors (Lipinski definition) is 3. The summed E-state index contributed by atoms with van der Waals surface area (Å²) in [5.74, 6) is 0. The molecule has 0 aliphatic heterocycles. The van der Waals surface area contributed by atoms with Gasteiger partial charge in [-0.2, -0.15) is 0 Å². The van der Waals surface area contributed by atoms with Crippen LogP contribution in [0.15, 0.2) is 13.9 Å². The maximum Gasteiger partial charge on any atom is 0.421 e. The van der Waals surface area contributed by atoms with Crippen LogP contribution in [0.25, 0.3) is 0 Å². The van der Waals surface area contributed by atoms with E-state index in [0.717, 1.165) is 12.8 Å². The van der Waals surface area contributed by atoms with E-state index in [-0.39, 0.29) is 0 Å². The Morgan fingerprint density at radius 2 is 2.13 bits per heavy atom. The van der Waals surface area contributed by atoms with E-state index in [0.29, 0.717) is 20.5 Å². The summed E-state index contributed by atoms with van der Waals surface area (Å²) in [6.07, 6.45) is 1.40. The lowest BCUT2D eigenvalue weighted by atomic mass is 10.4. The van der Waals surface area contributed by atoms with E-state index in [1.165, 1.54) is 4.57 Å². The van der Waals surface area contributed by atoms with Gasteiger partial charge in [-0.3, -0.25) is 0 Å². The summed E-state index contributed by atoms with van der Waals surface area (Å²) in [5, 5.41) is 0. The molecule has 0 fully saturated rings. The molecule has 0 radical (unpaired) electrons. The first-order chi connectivity index (χ1) is 7.07. The number of imidazole rings is 1. The average molecular weight is 405 g/mol. The lowest BCUT2D eigenvalue weighted by molar-refractivity contribution is 0.145. The second kappa shape index (κ2) is 6.00. The van der Waals surface area contributed by atoms with Gasteiger partial charge in [-0.1, -0.05) is 13.3 Å². The number of carbonyl (C=O) groups is 1. The van der Waals surface area contributed by atoms with Crippen LogP contribution in [0.2, 0.25) is 0 Å². The third-order valence-electron chi connectivity index (χ3n) is 1.65. The maximum absolute atomic E-state index is 11.6. The molecule has 0 bridgehead atoms. The summed E-state index contributed by atoms with van der Waals surface area (Å²) in [6.45, 7) is 2.46. The third kappa shape index (κ3) is 3.29. The molecule has 1 aromatic heterocycles. The number of unbranched alkanes of at least 4 members (excludes halogenated alkanes) is 1. The molecule has 7 heteroatoms. The molecule has 0 N–H and O–H groups in total. The number of hydrogen-bond donors (Lipinski definition) is 0. The standard InChI is InChI=1S/C8H9Br3N2O2/c1-2-3-4-15-8(14)13-6(10)5(9)12-7(13)11/h2-4H2,1H3. The summed E-state index contributed by atoms with van der Waals surface area (Å²) < 4.78 is 7.85. The molecule has 1 aromatic rings. The van der Waals surface area contributed by atoms with E-state index < -0.39 is 6.09 Å². The second-order valence-electron chi connectivity index (χ2n) is 2.77. The summed E-state index contributed by atoms with van der Waals surface area (Å²) >= 11 is 9.60. The van der Waals surface area contributed by atoms with E-state index in [9.17, 15) is 4.79 Å². The van der Waals surface area contributed by atoms with Crippen molar-refractivity contribution in [2.75, 3.05) is 6.61 Å². The summed E-state index contributed by atoms with van der Waals surface area (Å²) in [5.41, 5.74) is 0. The van der Waals surface area contributed by atoms with Crippen molar-refractivity contribution in [3.63, 3.8) is 0 Å². The first-order valence-corrected chi connectivity index (χ1v) is 6.72. The van der Waals surface area contributed by atoms with Crippen LogP contribution < -0.4 is 0 Å². The van der Waals surface area contributed by atoms with E-state index in [1.54, 1.807) is 0 Å². The minimum absolute atomic E-state index is 0.405. The maximum atomic E-state index is 11.6. The average Bonchev–Trinajstić information content (AvgIpc) is 2.41. The van der Waals surface area contributed by atoms with E-state index in [2.05, 4.69) is 52.8 Å². The van der Waals surface area contributed by atoms with Crippen molar-refractivity contribution in [3.05, 3.63) is 13.9 Å². The van der Waals surface area contributed by atoms with Gasteiger partial charge >= 0.3 is 6.09 Å². The molecule has 0 aromatic carbocycles. The van der Waals surface area contributed by atoms with Gasteiger partial charge in [-0.25, -0.2) is 14.3 Å². The van der Waals surface area contributed by atoms with Gasteiger partial charge in [0.1, 0.15) is 9.21 Å². The van der Waals surface area contributed by atoms with Gasteiger partial charge in [0.05, 0.1) is 6.61 Å². The van der Waals surface area contributed by atoms with Crippen LogP contribution in [0.5, 0.6) is 0 Å². The predicted molar refractivity (Wildman–Crippen MR) is 67.0 cm³/mol. The number of ether oxygens (including phenoxy) is 1. The van der Waals surface area contributed by atoms with Crippen molar-refractivity contribution in [2.24, 2.45) is 0 Å². The van der Waals surface area contributed by atoms with Gasteiger partial charge in [0.2, 0.25) is 0 Å². The SMILES string of the molecule is CCCCOC(=O)n1c(Br)nc(Br)c1Br. The van der Waals surface area contributed by atoms with Crippen molar-refractivity contribution >= 4 is 53.9 Å². The van der Waals surface area contributed by atoms with Gasteiger partial charge in [0.25, 0.3) is 0 Å². The lowest BCUT2D eigenvalue weighted by Crippen LogP contribution is -2.15. The zero-order valence-electron chi connectivity index (χ0n) is 7.97. The quantitative estimate of drug-likeness (QED) is 0.716. The Kier molecular flexibility index (Phi) is 5.28. The zero-order valence-corrected chi connectivity index (χ0v) is 12.7. The minimum atomic E-state index is -0.444. The van der Waals surface area contributed by atoms with Gasteiger partial charge in [0.15, 0.2) is 4.73 Å². The molecule has 1 heterocycles. The molecule has 0 aliphatic rings. The largest absolute Gasteiger partial charge is 0.449 e. The van der Waals surface area contributed by atoms with Crippen molar-refractivity contribution in [2.45, 2.75) is 19.8 Å². The van der Waals surface area contributed by atoms with Crippen LogP contribution in [0.4, 0.5) is 4.79 Å². The van der Waals surface area contributed by atoms with Crippen LogP contribution in [-0.4, -0.2) is 22.3 Å². The predicted octanol–water partition coefficient (Wildman–Crippen LogP) is 3.96. The van der Waals surface area contributed by atoms with Gasteiger partial charge < -0.3 is 4.74 Å². The van der Waals surface area contributed by atoms with Crippen molar-refractivity contribution < 1.29 is 9.53 Å². The highest BCUT2D eigenvalue weighted by Gasteiger charge is 2.18. The summed E-state index contributed by atoms with van der Waals surface area (Å²) in [6, 6.07) is 0. The monoisotopic (exact) mass is 402 g/mol. The Labute approximate surface area is 113 Å². The Balaban J connectivity index is 2.73. The molecule has 0 atom stereocenters. The molecule has 0 aliphatic carbocycles. The first-order valence-electron chi connectivity index (χ1n) is 4.34. The highest BCUT2D eigenvalue weighted by molar-refractivity contribution is 9.13. The van der Waals surface area contributed by atoms with Crippen molar-refractivity contribution in [3.8, 4) is 0 Å². The highest BCUT2D eigenvalue weighted by atomic mass is 79.9. The van der Waals surface area contributed by atoms with Gasteiger partial charge in [-0.05, 0) is 54.2 Å².